The molecule has 1 aromatic carbocycles. The predicted molar refractivity (Wildman–Crippen MR) is 98.3 cm³/mol. The van der Waals surface area contributed by atoms with Gasteiger partial charge in [-0.15, -0.1) is 10.2 Å². The number of para-hydroxylation sites is 1. The van der Waals surface area contributed by atoms with Crippen LogP contribution < -0.4 is 0 Å². The third-order valence-corrected chi connectivity index (χ3v) is 5.62. The molecule has 0 radical (unpaired) electrons. The normalized spacial score (nSPS) is 12.4. The molecule has 0 unspecified atom stereocenters. The molecule has 0 amide bonds. The lowest BCUT2D eigenvalue weighted by Crippen LogP contribution is -2.18. The van der Waals surface area contributed by atoms with E-state index in [0.717, 1.165) is 17.4 Å². The van der Waals surface area contributed by atoms with Gasteiger partial charge in [0.2, 0.25) is 5.16 Å². The molecular weight excluding hydrogens is 413 g/mol. The number of carbonyl (C=O) groups is 1. The molecule has 3 aromatic rings. The fraction of sp³-hybridized carbons (Fsp3) is 0.294. The van der Waals surface area contributed by atoms with Gasteiger partial charge in [-0.1, -0.05) is 50.3 Å². The van der Waals surface area contributed by atoms with Gasteiger partial charge in [0.1, 0.15) is 10.7 Å². The monoisotopic (exact) mass is 428 g/mol. The van der Waals surface area contributed by atoms with E-state index in [1.165, 1.54) is 0 Å². The largest absolute Gasteiger partial charge is 0.477 e. The summed E-state index contributed by atoms with van der Waals surface area (Å²) in [6.07, 6.45) is -4.85. The second-order valence-electron chi connectivity index (χ2n) is 6.79. The molecule has 6 nitrogen and oxygen atoms in total. The Bertz CT molecular complexity index is 1010. The second kappa shape index (κ2) is 7.21. The summed E-state index contributed by atoms with van der Waals surface area (Å²) < 4.78 is 41.0. The van der Waals surface area contributed by atoms with Crippen LogP contribution in [-0.4, -0.2) is 30.8 Å². The molecule has 2 aromatic heterocycles. The average Bonchev–Trinajstić information content (AvgIpc) is 3.20. The summed E-state index contributed by atoms with van der Waals surface area (Å²) in [5, 5.41) is 17.7. The summed E-state index contributed by atoms with van der Waals surface area (Å²) in [4.78, 5) is 13.8. The highest BCUT2D eigenvalue weighted by atomic mass is 32.2. The van der Waals surface area contributed by atoms with Crippen LogP contribution in [0.1, 0.15) is 42.0 Å². The third-order valence-electron chi connectivity index (χ3n) is 3.57. The van der Waals surface area contributed by atoms with Crippen molar-refractivity contribution in [3.05, 3.63) is 46.7 Å². The van der Waals surface area contributed by atoms with Gasteiger partial charge < -0.3 is 5.11 Å². The Hall–Kier alpha value is -2.40. The molecular formula is C17H15F3N4O2S2. The third kappa shape index (κ3) is 4.04. The summed E-state index contributed by atoms with van der Waals surface area (Å²) in [6, 6.07) is 9.14. The minimum atomic E-state index is -4.85. The van der Waals surface area contributed by atoms with Crippen molar-refractivity contribution >= 4 is 29.1 Å². The fourth-order valence-corrected chi connectivity index (χ4v) is 4.35. The first kappa shape index (κ1) is 20.3. The lowest BCUT2D eigenvalue weighted by molar-refractivity contribution is -0.141. The summed E-state index contributed by atoms with van der Waals surface area (Å²) >= 11 is 1.31. The van der Waals surface area contributed by atoms with Gasteiger partial charge in [0.05, 0.1) is 0 Å². The van der Waals surface area contributed by atoms with E-state index in [2.05, 4.69) is 15.2 Å². The zero-order valence-electron chi connectivity index (χ0n) is 15.0. The molecule has 0 fully saturated rings. The van der Waals surface area contributed by atoms with E-state index >= 15 is 0 Å². The molecule has 0 spiro atoms. The molecule has 11 heteroatoms. The summed E-state index contributed by atoms with van der Waals surface area (Å²) in [6.45, 7) is 5.83. The average molecular weight is 428 g/mol. The maximum atomic E-state index is 13.1. The van der Waals surface area contributed by atoms with Crippen LogP contribution in [-0.2, 0) is 11.6 Å². The molecule has 0 bridgehead atoms. The molecule has 28 heavy (non-hydrogen) atoms. The van der Waals surface area contributed by atoms with Crippen molar-refractivity contribution in [3.63, 3.8) is 0 Å². The molecule has 2 heterocycles. The number of nitrogens with zero attached hydrogens (tertiary/aromatic N) is 4. The number of carboxylic acid groups (broad SMARTS) is 1. The van der Waals surface area contributed by atoms with Crippen LogP contribution in [0.2, 0.25) is 0 Å². The number of benzene rings is 1. The Balaban J connectivity index is 2.09. The van der Waals surface area contributed by atoms with Crippen molar-refractivity contribution in [2.45, 2.75) is 41.9 Å². The van der Waals surface area contributed by atoms with Crippen LogP contribution in [0.5, 0.6) is 0 Å². The minimum Gasteiger partial charge on any atom is -0.477 e. The van der Waals surface area contributed by atoms with Gasteiger partial charge in [-0.25, -0.2) is 9.78 Å². The lowest BCUT2D eigenvalue weighted by atomic mass is 9.95. The minimum absolute atomic E-state index is 0.0743. The van der Waals surface area contributed by atoms with E-state index < -0.39 is 22.7 Å². The van der Waals surface area contributed by atoms with Gasteiger partial charge in [-0.2, -0.15) is 13.2 Å². The van der Waals surface area contributed by atoms with E-state index in [1.807, 2.05) is 51.1 Å². The Morgan fingerprint density at radius 3 is 2.29 bits per heavy atom. The molecule has 0 saturated carbocycles. The van der Waals surface area contributed by atoms with E-state index in [0.29, 0.717) is 22.3 Å². The number of halogens is 3. The predicted octanol–water partition coefficient (Wildman–Crippen LogP) is 4.89. The van der Waals surface area contributed by atoms with Crippen molar-refractivity contribution in [2.75, 3.05) is 0 Å². The maximum Gasteiger partial charge on any atom is 0.435 e. The Kier molecular flexibility index (Phi) is 5.24. The van der Waals surface area contributed by atoms with Gasteiger partial charge >= 0.3 is 12.1 Å². The van der Waals surface area contributed by atoms with Gasteiger partial charge in [-0.05, 0) is 23.9 Å². The van der Waals surface area contributed by atoms with E-state index in [-0.39, 0.29) is 9.75 Å². The number of carboxylic acids is 1. The van der Waals surface area contributed by atoms with Gasteiger partial charge in [0, 0.05) is 11.1 Å². The Labute approximate surface area is 166 Å². The number of thiazole rings is 1. The highest BCUT2D eigenvalue weighted by molar-refractivity contribution is 8.00. The Morgan fingerprint density at radius 2 is 1.79 bits per heavy atom. The maximum absolute atomic E-state index is 13.1. The summed E-state index contributed by atoms with van der Waals surface area (Å²) in [7, 11) is 0. The standard InChI is InChI=1S/C17H15F3N4O2S2/c1-16(2,3)13-22-23-14(24(13)9-7-5-4-6-8-9)28-15-21-11(17(18,19)20)10(27-15)12(25)26/h4-8H,1-3H3,(H,25,26). The molecule has 0 aliphatic heterocycles. The molecule has 0 saturated heterocycles. The fourth-order valence-electron chi connectivity index (χ4n) is 2.39. The van der Waals surface area contributed by atoms with Crippen molar-refractivity contribution in [1.82, 2.24) is 19.7 Å². The first-order chi connectivity index (χ1) is 13.0. The van der Waals surface area contributed by atoms with Crippen LogP contribution in [0.4, 0.5) is 13.2 Å². The van der Waals surface area contributed by atoms with Crippen LogP contribution in [0.25, 0.3) is 5.69 Å². The second-order valence-corrected chi connectivity index (χ2v) is 9.00. The lowest BCUT2D eigenvalue weighted by Gasteiger charge is -2.19. The van der Waals surface area contributed by atoms with E-state index in [4.69, 9.17) is 5.11 Å². The zero-order valence-corrected chi connectivity index (χ0v) is 16.6. The Morgan fingerprint density at radius 1 is 1.14 bits per heavy atom. The number of alkyl halides is 3. The quantitative estimate of drug-likeness (QED) is 0.637. The van der Waals surface area contributed by atoms with Gasteiger partial charge in [-0.3, -0.25) is 4.57 Å². The van der Waals surface area contributed by atoms with Crippen LogP contribution >= 0.6 is 23.1 Å². The SMILES string of the molecule is CC(C)(C)c1nnc(Sc2nc(C(F)(F)F)c(C(=O)O)s2)n1-c1ccccc1. The van der Waals surface area contributed by atoms with Crippen molar-refractivity contribution in [2.24, 2.45) is 0 Å². The molecule has 0 aliphatic rings. The highest BCUT2D eigenvalue weighted by Gasteiger charge is 2.40. The number of aromatic nitrogens is 4. The topological polar surface area (TPSA) is 80.9 Å². The number of hydrogen-bond acceptors (Lipinski definition) is 6. The molecule has 0 aliphatic carbocycles. The molecule has 1 N–H and O–H groups in total. The molecule has 0 atom stereocenters. The first-order valence-corrected chi connectivity index (χ1v) is 9.62. The van der Waals surface area contributed by atoms with Gasteiger partial charge in [0.15, 0.2) is 10.0 Å². The van der Waals surface area contributed by atoms with Crippen molar-refractivity contribution < 1.29 is 23.1 Å². The number of aromatic carboxylic acids is 1. The van der Waals surface area contributed by atoms with Crippen LogP contribution in [0.15, 0.2) is 39.8 Å². The van der Waals surface area contributed by atoms with Crippen LogP contribution in [0.3, 0.4) is 0 Å². The van der Waals surface area contributed by atoms with Crippen molar-refractivity contribution in [3.8, 4) is 5.69 Å². The van der Waals surface area contributed by atoms with E-state index in [9.17, 15) is 18.0 Å². The summed E-state index contributed by atoms with van der Waals surface area (Å²) in [5.74, 6) is -1.05. The smallest absolute Gasteiger partial charge is 0.435 e. The highest BCUT2D eigenvalue weighted by Crippen LogP contribution is 2.40. The van der Waals surface area contributed by atoms with Crippen LogP contribution in [0, 0.1) is 0 Å². The zero-order chi connectivity index (χ0) is 20.7. The van der Waals surface area contributed by atoms with Crippen molar-refractivity contribution in [1.29, 1.82) is 0 Å². The summed E-state index contributed by atoms with van der Waals surface area (Å²) in [5.41, 5.74) is -1.05. The molecule has 148 valence electrons. The number of rotatable bonds is 4. The number of hydrogen-bond donors (Lipinski definition) is 1. The first-order valence-electron chi connectivity index (χ1n) is 7.99. The van der Waals surface area contributed by atoms with Gasteiger partial charge in [0.25, 0.3) is 0 Å². The van der Waals surface area contributed by atoms with E-state index in [1.54, 1.807) is 4.57 Å². The molecule has 3 rings (SSSR count).